The average molecular weight is 273 g/mol. The topological polar surface area (TPSA) is 40.7 Å². The van der Waals surface area contributed by atoms with E-state index in [1.165, 1.54) is 16.3 Å². The van der Waals surface area contributed by atoms with Crippen LogP contribution in [0.25, 0.3) is 21.7 Å². The quantitative estimate of drug-likeness (QED) is 0.583. The predicted molar refractivity (Wildman–Crippen MR) is 87.4 cm³/mol. The van der Waals surface area contributed by atoms with E-state index in [2.05, 4.69) is 76.2 Å². The van der Waals surface area contributed by atoms with Crippen LogP contribution in [0.1, 0.15) is 5.56 Å². The van der Waals surface area contributed by atoms with Crippen molar-refractivity contribution in [3.05, 3.63) is 72.4 Å². The van der Waals surface area contributed by atoms with Gasteiger partial charge in [-0.1, -0.05) is 42.5 Å². The molecule has 0 spiro atoms. The number of aromatic nitrogens is 2. The van der Waals surface area contributed by atoms with Gasteiger partial charge in [-0.3, -0.25) is 5.10 Å². The molecule has 3 nitrogen and oxygen atoms in total. The highest BCUT2D eigenvalue weighted by atomic mass is 15.1. The number of benzene rings is 3. The largest absolute Gasteiger partial charge is 0.381 e. The molecule has 4 aromatic rings. The zero-order valence-corrected chi connectivity index (χ0v) is 11.5. The number of nitrogens with zero attached hydrogens (tertiary/aromatic N) is 1. The van der Waals surface area contributed by atoms with Crippen LogP contribution in [0.4, 0.5) is 5.69 Å². The van der Waals surface area contributed by atoms with Crippen molar-refractivity contribution >= 4 is 27.4 Å². The molecule has 1 aromatic heterocycles. The van der Waals surface area contributed by atoms with Gasteiger partial charge >= 0.3 is 0 Å². The van der Waals surface area contributed by atoms with E-state index in [9.17, 15) is 0 Å². The molecule has 0 fully saturated rings. The van der Waals surface area contributed by atoms with Crippen LogP contribution < -0.4 is 5.32 Å². The molecule has 0 radical (unpaired) electrons. The van der Waals surface area contributed by atoms with E-state index in [0.717, 1.165) is 23.1 Å². The van der Waals surface area contributed by atoms with Gasteiger partial charge in [0.2, 0.25) is 0 Å². The monoisotopic (exact) mass is 273 g/mol. The summed E-state index contributed by atoms with van der Waals surface area (Å²) >= 11 is 0. The fourth-order valence-corrected chi connectivity index (χ4v) is 2.69. The molecule has 0 atom stereocenters. The molecule has 0 saturated carbocycles. The maximum Gasteiger partial charge on any atom is 0.0670 e. The zero-order valence-electron chi connectivity index (χ0n) is 11.5. The molecule has 0 unspecified atom stereocenters. The lowest BCUT2D eigenvalue weighted by Crippen LogP contribution is -1.99. The van der Waals surface area contributed by atoms with Crippen molar-refractivity contribution in [1.29, 1.82) is 0 Å². The Balaban J connectivity index is 1.63. The van der Waals surface area contributed by atoms with Gasteiger partial charge in [0.1, 0.15) is 0 Å². The van der Waals surface area contributed by atoms with Crippen LogP contribution in [-0.4, -0.2) is 10.2 Å². The van der Waals surface area contributed by atoms with Crippen LogP contribution in [-0.2, 0) is 6.54 Å². The van der Waals surface area contributed by atoms with Crippen LogP contribution in [0.2, 0.25) is 0 Å². The highest BCUT2D eigenvalue weighted by Gasteiger charge is 2.01. The van der Waals surface area contributed by atoms with E-state index < -0.39 is 0 Å². The lowest BCUT2D eigenvalue weighted by Gasteiger charge is -2.09. The molecule has 4 rings (SSSR count). The van der Waals surface area contributed by atoms with Crippen molar-refractivity contribution in [2.75, 3.05) is 5.32 Å². The summed E-state index contributed by atoms with van der Waals surface area (Å²) in [4.78, 5) is 0. The minimum absolute atomic E-state index is 0.807. The summed E-state index contributed by atoms with van der Waals surface area (Å²) in [6.07, 6.45) is 1.84. The number of hydrogen-bond donors (Lipinski definition) is 2. The Bertz CT molecular complexity index is 903. The summed E-state index contributed by atoms with van der Waals surface area (Å²) in [6, 6.07) is 21.2. The molecule has 1 heterocycles. The first-order chi connectivity index (χ1) is 10.4. The maximum absolute atomic E-state index is 4.05. The van der Waals surface area contributed by atoms with E-state index in [1.54, 1.807) is 0 Å². The molecule has 0 aliphatic heterocycles. The first-order valence-corrected chi connectivity index (χ1v) is 7.04. The van der Waals surface area contributed by atoms with Crippen molar-refractivity contribution in [3.8, 4) is 0 Å². The molecule has 0 amide bonds. The van der Waals surface area contributed by atoms with Gasteiger partial charge in [0.15, 0.2) is 0 Å². The Hall–Kier alpha value is -2.81. The molecule has 0 aliphatic carbocycles. The first-order valence-electron chi connectivity index (χ1n) is 7.04. The summed E-state index contributed by atoms with van der Waals surface area (Å²) in [5.41, 5.74) is 3.45. The number of nitrogens with one attached hydrogen (secondary N) is 2. The normalized spacial score (nSPS) is 11.0. The minimum atomic E-state index is 0.807. The standard InChI is InChI=1S/C18H15N3/c1-2-7-17-13(4-1)5-3-6-14(17)11-19-16-9-8-15-12-20-21-18(15)10-16/h1-10,12,19H,11H2,(H,20,21). The van der Waals surface area contributed by atoms with Crippen molar-refractivity contribution in [1.82, 2.24) is 10.2 Å². The van der Waals surface area contributed by atoms with Crippen LogP contribution in [0.5, 0.6) is 0 Å². The highest BCUT2D eigenvalue weighted by Crippen LogP contribution is 2.21. The number of anilines is 1. The van der Waals surface area contributed by atoms with Gasteiger partial charge in [0.25, 0.3) is 0 Å². The minimum Gasteiger partial charge on any atom is -0.381 e. The Kier molecular flexibility index (Phi) is 2.82. The molecular weight excluding hydrogens is 258 g/mol. The molecule has 21 heavy (non-hydrogen) atoms. The number of H-pyrrole nitrogens is 1. The molecule has 3 heteroatoms. The van der Waals surface area contributed by atoms with E-state index in [1.807, 2.05) is 6.20 Å². The Labute approximate surface area is 122 Å². The third-order valence-corrected chi connectivity index (χ3v) is 3.80. The van der Waals surface area contributed by atoms with Crippen molar-refractivity contribution < 1.29 is 0 Å². The SMILES string of the molecule is c1ccc2c(CNc3ccc4cn[nH]c4c3)cccc2c1. The number of aromatic amines is 1. The molecule has 0 saturated heterocycles. The van der Waals surface area contributed by atoms with Crippen LogP contribution >= 0.6 is 0 Å². The summed E-state index contributed by atoms with van der Waals surface area (Å²) < 4.78 is 0. The average Bonchev–Trinajstić information content (AvgIpc) is 3.00. The van der Waals surface area contributed by atoms with Gasteiger partial charge in [-0.05, 0) is 34.5 Å². The van der Waals surface area contributed by atoms with Crippen LogP contribution in [0, 0.1) is 0 Å². The summed E-state index contributed by atoms with van der Waals surface area (Å²) in [5.74, 6) is 0. The van der Waals surface area contributed by atoms with Gasteiger partial charge < -0.3 is 5.32 Å². The second kappa shape index (κ2) is 4.94. The lowest BCUT2D eigenvalue weighted by molar-refractivity contribution is 1.12. The van der Waals surface area contributed by atoms with E-state index in [4.69, 9.17) is 0 Å². The van der Waals surface area contributed by atoms with E-state index in [0.29, 0.717) is 0 Å². The van der Waals surface area contributed by atoms with Gasteiger partial charge in [-0.25, -0.2) is 0 Å². The lowest BCUT2D eigenvalue weighted by atomic mass is 10.0. The van der Waals surface area contributed by atoms with Crippen molar-refractivity contribution in [3.63, 3.8) is 0 Å². The third kappa shape index (κ3) is 2.23. The maximum atomic E-state index is 4.05. The Morgan fingerprint density at radius 1 is 0.905 bits per heavy atom. The fraction of sp³-hybridized carbons (Fsp3) is 0.0556. The molecular formula is C18H15N3. The smallest absolute Gasteiger partial charge is 0.0670 e. The van der Waals surface area contributed by atoms with Crippen molar-refractivity contribution in [2.24, 2.45) is 0 Å². The number of hydrogen-bond acceptors (Lipinski definition) is 2. The summed E-state index contributed by atoms with van der Waals surface area (Å²) in [6.45, 7) is 0.807. The highest BCUT2D eigenvalue weighted by molar-refractivity contribution is 5.86. The molecule has 102 valence electrons. The third-order valence-electron chi connectivity index (χ3n) is 3.80. The zero-order chi connectivity index (χ0) is 14.1. The molecule has 0 bridgehead atoms. The van der Waals surface area contributed by atoms with Gasteiger partial charge in [-0.2, -0.15) is 5.10 Å². The molecule has 3 aromatic carbocycles. The fourth-order valence-electron chi connectivity index (χ4n) is 2.69. The number of rotatable bonds is 3. The van der Waals surface area contributed by atoms with Gasteiger partial charge in [0, 0.05) is 17.6 Å². The summed E-state index contributed by atoms with van der Waals surface area (Å²) in [7, 11) is 0. The van der Waals surface area contributed by atoms with Gasteiger partial charge in [0.05, 0.1) is 11.7 Å². The number of fused-ring (bicyclic) bond motifs is 2. The summed E-state index contributed by atoms with van der Waals surface area (Å²) in [5, 5.41) is 14.2. The van der Waals surface area contributed by atoms with Crippen molar-refractivity contribution in [2.45, 2.75) is 6.54 Å². The van der Waals surface area contributed by atoms with Gasteiger partial charge in [-0.15, -0.1) is 0 Å². The first kappa shape index (κ1) is 12.0. The predicted octanol–water partition coefficient (Wildman–Crippen LogP) is 4.33. The second-order valence-corrected chi connectivity index (χ2v) is 5.16. The van der Waals surface area contributed by atoms with E-state index >= 15 is 0 Å². The van der Waals surface area contributed by atoms with Crippen LogP contribution in [0.3, 0.4) is 0 Å². The Morgan fingerprint density at radius 2 is 1.81 bits per heavy atom. The van der Waals surface area contributed by atoms with Crippen LogP contribution in [0.15, 0.2) is 66.9 Å². The Morgan fingerprint density at radius 3 is 2.81 bits per heavy atom. The molecule has 0 aliphatic rings. The second-order valence-electron chi connectivity index (χ2n) is 5.16. The van der Waals surface area contributed by atoms with E-state index in [-0.39, 0.29) is 0 Å². The molecule has 2 N–H and O–H groups in total.